The zero-order valence-corrected chi connectivity index (χ0v) is 16.8. The van der Waals surface area contributed by atoms with Crippen molar-refractivity contribution in [3.8, 4) is 0 Å². The molecule has 1 saturated heterocycles. The van der Waals surface area contributed by atoms with Gasteiger partial charge in [0.15, 0.2) is 0 Å². The van der Waals surface area contributed by atoms with E-state index < -0.39 is 0 Å². The summed E-state index contributed by atoms with van der Waals surface area (Å²) in [4.78, 5) is 15.7. The predicted molar refractivity (Wildman–Crippen MR) is 111 cm³/mol. The lowest BCUT2D eigenvalue weighted by Crippen LogP contribution is -2.60. The van der Waals surface area contributed by atoms with Crippen molar-refractivity contribution in [3.05, 3.63) is 69.7 Å². The highest BCUT2D eigenvalue weighted by Gasteiger charge is 2.50. The number of benzene rings is 2. The Hall–Kier alpha value is -1.55. The van der Waals surface area contributed by atoms with Crippen LogP contribution in [0.15, 0.2) is 48.5 Å². The third-order valence-corrected chi connectivity index (χ3v) is 6.62. The number of amides is 1. The van der Waals surface area contributed by atoms with Crippen LogP contribution in [0, 0.1) is 0 Å². The molecule has 1 saturated carbocycles. The quantitative estimate of drug-likeness (QED) is 0.717. The average molecular weight is 403 g/mol. The Morgan fingerprint density at radius 3 is 2.30 bits per heavy atom. The Kier molecular flexibility index (Phi) is 5.45. The van der Waals surface area contributed by atoms with E-state index in [1.165, 1.54) is 19.3 Å². The van der Waals surface area contributed by atoms with E-state index in [2.05, 4.69) is 22.3 Å². The molecule has 1 aliphatic heterocycles. The number of halogens is 2. The second kappa shape index (κ2) is 7.83. The summed E-state index contributed by atoms with van der Waals surface area (Å²) in [6.07, 6.45) is 5.90. The van der Waals surface area contributed by atoms with Crippen LogP contribution in [0.5, 0.6) is 0 Å². The van der Waals surface area contributed by atoms with Gasteiger partial charge in [0.2, 0.25) is 0 Å². The van der Waals surface area contributed by atoms with Crippen LogP contribution < -0.4 is 5.32 Å². The summed E-state index contributed by atoms with van der Waals surface area (Å²) >= 11 is 12.3. The normalized spacial score (nSPS) is 20.1. The maximum atomic E-state index is 13.1. The van der Waals surface area contributed by atoms with E-state index >= 15 is 0 Å². The third kappa shape index (κ3) is 3.61. The number of rotatable bonds is 5. The first-order chi connectivity index (χ1) is 13.1. The molecule has 0 radical (unpaired) electrons. The number of nitrogens with zero attached hydrogens (tertiary/aromatic N) is 1. The van der Waals surface area contributed by atoms with Crippen LogP contribution in [0.1, 0.15) is 54.1 Å². The van der Waals surface area contributed by atoms with Gasteiger partial charge >= 0.3 is 0 Å². The van der Waals surface area contributed by atoms with Gasteiger partial charge in [-0.3, -0.25) is 9.69 Å². The molecule has 0 aromatic heterocycles. The predicted octanol–water partition coefficient (Wildman–Crippen LogP) is 5.48. The molecule has 0 spiro atoms. The van der Waals surface area contributed by atoms with E-state index in [-0.39, 0.29) is 17.5 Å². The van der Waals surface area contributed by atoms with Gasteiger partial charge in [0.1, 0.15) is 0 Å². The Balaban J connectivity index is 1.67. The lowest BCUT2D eigenvalue weighted by Gasteiger charge is -2.54. The number of carbonyl (C=O) groups excluding carboxylic acids is 1. The van der Waals surface area contributed by atoms with Crippen molar-refractivity contribution in [2.45, 2.75) is 43.7 Å². The van der Waals surface area contributed by atoms with Crippen molar-refractivity contribution in [1.82, 2.24) is 10.2 Å². The molecule has 1 unspecified atom stereocenters. The second-order valence-electron chi connectivity index (χ2n) is 7.59. The van der Waals surface area contributed by atoms with Crippen molar-refractivity contribution in [2.24, 2.45) is 0 Å². The van der Waals surface area contributed by atoms with Gasteiger partial charge in [-0.15, -0.1) is 0 Å². The fourth-order valence-electron chi connectivity index (χ4n) is 4.54. The highest BCUT2D eigenvalue weighted by molar-refractivity contribution is 6.36. The van der Waals surface area contributed by atoms with Crippen LogP contribution >= 0.6 is 23.2 Å². The molecule has 2 fully saturated rings. The van der Waals surface area contributed by atoms with Gasteiger partial charge in [-0.25, -0.2) is 0 Å². The molecular weight excluding hydrogens is 379 g/mol. The molecule has 1 aliphatic carbocycles. The number of hydrogen-bond acceptors (Lipinski definition) is 2. The van der Waals surface area contributed by atoms with Gasteiger partial charge in [0, 0.05) is 10.6 Å². The molecule has 142 valence electrons. The van der Waals surface area contributed by atoms with E-state index in [0.29, 0.717) is 15.6 Å². The van der Waals surface area contributed by atoms with Crippen molar-refractivity contribution < 1.29 is 4.79 Å². The molecule has 1 amide bonds. The molecule has 2 aliphatic rings. The first kappa shape index (κ1) is 18.8. The largest absolute Gasteiger partial charge is 0.343 e. The fourth-order valence-corrected chi connectivity index (χ4v) is 5.04. The highest BCUT2D eigenvalue weighted by atomic mass is 35.5. The summed E-state index contributed by atoms with van der Waals surface area (Å²) in [5.41, 5.74) is 1.63. The van der Waals surface area contributed by atoms with Gasteiger partial charge in [0.25, 0.3) is 5.91 Å². The van der Waals surface area contributed by atoms with Crippen LogP contribution in [0.3, 0.4) is 0 Å². The summed E-state index contributed by atoms with van der Waals surface area (Å²) in [6, 6.07) is 15.3. The second-order valence-corrected chi connectivity index (χ2v) is 8.44. The van der Waals surface area contributed by atoms with Crippen molar-refractivity contribution in [2.75, 3.05) is 13.1 Å². The molecule has 0 bridgehead atoms. The molecule has 1 heterocycles. The van der Waals surface area contributed by atoms with Crippen molar-refractivity contribution in [3.63, 3.8) is 0 Å². The van der Waals surface area contributed by atoms with E-state index in [0.717, 1.165) is 31.5 Å². The van der Waals surface area contributed by atoms with E-state index in [9.17, 15) is 4.79 Å². The lowest BCUT2D eigenvalue weighted by molar-refractivity contribution is -0.000425. The minimum Gasteiger partial charge on any atom is -0.343 e. The fraction of sp³-hybridized carbons (Fsp3) is 0.409. The standard InChI is InChI=1S/C22H24Cl2N2O/c23-17-9-10-18(19(24)15-17)21(27)25-20(16-7-2-1-3-8-16)22(11-6-12-22)26-13-4-5-14-26/h1-3,7-10,15,20H,4-6,11-14H2,(H,25,27). The number of likely N-dealkylation sites (tertiary alicyclic amines) is 1. The SMILES string of the molecule is O=C(NC(c1ccccc1)C1(N2CCCC2)CCC1)c1ccc(Cl)cc1Cl. The summed E-state index contributed by atoms with van der Waals surface area (Å²) in [7, 11) is 0. The van der Waals surface area contributed by atoms with Gasteiger partial charge in [-0.1, -0.05) is 53.5 Å². The minimum absolute atomic E-state index is 0.00636. The van der Waals surface area contributed by atoms with Crippen molar-refractivity contribution >= 4 is 29.1 Å². The lowest BCUT2D eigenvalue weighted by atomic mass is 9.68. The van der Waals surface area contributed by atoms with Gasteiger partial charge in [-0.05, 0) is 69.0 Å². The van der Waals surface area contributed by atoms with Crippen LogP contribution in [0.2, 0.25) is 10.0 Å². The zero-order chi connectivity index (χ0) is 18.9. The number of nitrogens with one attached hydrogen (secondary N) is 1. The minimum atomic E-state index is -0.143. The molecule has 1 N–H and O–H groups in total. The van der Waals surface area contributed by atoms with E-state index in [1.54, 1.807) is 18.2 Å². The average Bonchev–Trinajstić information content (AvgIpc) is 3.15. The Morgan fingerprint density at radius 2 is 1.70 bits per heavy atom. The first-order valence-electron chi connectivity index (χ1n) is 9.66. The molecule has 4 rings (SSSR count). The summed E-state index contributed by atoms with van der Waals surface area (Å²) < 4.78 is 0. The molecule has 2 aromatic rings. The molecule has 3 nitrogen and oxygen atoms in total. The van der Waals surface area contributed by atoms with Crippen molar-refractivity contribution in [1.29, 1.82) is 0 Å². The highest BCUT2D eigenvalue weighted by Crippen LogP contribution is 2.48. The molecule has 2 aromatic carbocycles. The smallest absolute Gasteiger partial charge is 0.253 e. The molecule has 5 heteroatoms. The number of carbonyl (C=O) groups is 1. The maximum Gasteiger partial charge on any atom is 0.253 e. The Bertz CT molecular complexity index is 814. The van der Waals surface area contributed by atoms with E-state index in [1.807, 2.05) is 18.2 Å². The number of hydrogen-bond donors (Lipinski definition) is 1. The molecular formula is C22H24Cl2N2O. The Labute approximate surface area is 170 Å². The summed E-state index contributed by atoms with van der Waals surface area (Å²) in [6.45, 7) is 2.22. The summed E-state index contributed by atoms with van der Waals surface area (Å²) in [5, 5.41) is 4.24. The zero-order valence-electron chi connectivity index (χ0n) is 15.3. The topological polar surface area (TPSA) is 32.3 Å². The van der Waals surface area contributed by atoms with E-state index in [4.69, 9.17) is 23.2 Å². The first-order valence-corrected chi connectivity index (χ1v) is 10.4. The van der Waals surface area contributed by atoms with Crippen LogP contribution in [-0.2, 0) is 0 Å². The van der Waals surface area contributed by atoms with Gasteiger partial charge in [0.05, 0.1) is 16.6 Å². The summed E-state index contributed by atoms with van der Waals surface area (Å²) in [5.74, 6) is -0.143. The van der Waals surface area contributed by atoms with Crippen LogP contribution in [0.4, 0.5) is 0 Å². The monoisotopic (exact) mass is 402 g/mol. The van der Waals surface area contributed by atoms with Crippen LogP contribution in [-0.4, -0.2) is 29.4 Å². The third-order valence-electron chi connectivity index (χ3n) is 6.08. The maximum absolute atomic E-state index is 13.1. The van der Waals surface area contributed by atoms with Gasteiger partial charge in [-0.2, -0.15) is 0 Å². The molecule has 27 heavy (non-hydrogen) atoms. The van der Waals surface area contributed by atoms with Crippen LogP contribution in [0.25, 0.3) is 0 Å². The van der Waals surface area contributed by atoms with Gasteiger partial charge < -0.3 is 5.32 Å². The molecule has 1 atom stereocenters. The Morgan fingerprint density at radius 1 is 1.00 bits per heavy atom.